The highest BCUT2D eigenvalue weighted by Gasteiger charge is 2.35. The standard InChI is InChI=1S/C19H17F3N2O4.C8H4ClF3O/c1-2-28-16(26)8-9-23-18(27)15-7-6-12(10-24-15)17-13(11-25)4-3-5-14(17)19(20,21)22;9-7-5(4-13)2-1-3-6(7)8(10,11)12/h3-7,10-11H,2,8-9H2,1H3,(H,23,27);1-4H. The summed E-state index contributed by atoms with van der Waals surface area (Å²) in [6, 6.07) is 9.01. The molecule has 1 amide bonds. The first kappa shape index (κ1) is 32.9. The molecule has 0 saturated heterocycles. The van der Waals surface area contributed by atoms with E-state index in [0.717, 1.165) is 30.5 Å². The van der Waals surface area contributed by atoms with E-state index >= 15 is 0 Å². The van der Waals surface area contributed by atoms with Gasteiger partial charge in [0.15, 0.2) is 12.6 Å². The molecule has 218 valence electrons. The number of alkyl halides is 6. The van der Waals surface area contributed by atoms with E-state index in [9.17, 15) is 45.5 Å². The first-order valence-electron chi connectivity index (χ1n) is 11.6. The largest absolute Gasteiger partial charge is 0.466 e. The summed E-state index contributed by atoms with van der Waals surface area (Å²) in [5, 5.41) is 1.92. The lowest BCUT2D eigenvalue weighted by atomic mass is 9.95. The van der Waals surface area contributed by atoms with E-state index in [1.54, 1.807) is 6.92 Å². The van der Waals surface area contributed by atoms with E-state index in [2.05, 4.69) is 10.3 Å². The number of ether oxygens (including phenoxy) is 1. The fourth-order valence-corrected chi connectivity index (χ4v) is 3.64. The molecule has 1 heterocycles. The van der Waals surface area contributed by atoms with Gasteiger partial charge >= 0.3 is 18.3 Å². The minimum Gasteiger partial charge on any atom is -0.466 e. The van der Waals surface area contributed by atoms with Crippen LogP contribution in [0.15, 0.2) is 54.7 Å². The molecule has 0 radical (unpaired) electrons. The van der Waals surface area contributed by atoms with Crippen molar-refractivity contribution in [2.24, 2.45) is 0 Å². The fraction of sp³-hybridized carbons (Fsp3) is 0.222. The highest BCUT2D eigenvalue weighted by molar-refractivity contribution is 6.33. The van der Waals surface area contributed by atoms with Crippen molar-refractivity contribution in [3.63, 3.8) is 0 Å². The average Bonchev–Trinajstić information content (AvgIpc) is 2.92. The maximum absolute atomic E-state index is 13.3. The van der Waals surface area contributed by atoms with Crippen LogP contribution in [0, 0.1) is 0 Å². The van der Waals surface area contributed by atoms with Gasteiger partial charge in [-0.05, 0) is 25.1 Å². The van der Waals surface area contributed by atoms with E-state index in [0.29, 0.717) is 6.29 Å². The van der Waals surface area contributed by atoms with E-state index in [1.807, 2.05) is 0 Å². The Morgan fingerprint density at radius 1 is 0.902 bits per heavy atom. The minimum absolute atomic E-state index is 0.0146. The summed E-state index contributed by atoms with van der Waals surface area (Å²) < 4.78 is 81.1. The van der Waals surface area contributed by atoms with Crippen molar-refractivity contribution in [3.05, 3.63) is 87.7 Å². The minimum atomic E-state index is -4.66. The van der Waals surface area contributed by atoms with Gasteiger partial charge in [0.2, 0.25) is 0 Å². The van der Waals surface area contributed by atoms with Crippen LogP contribution in [0.3, 0.4) is 0 Å². The van der Waals surface area contributed by atoms with Crippen molar-refractivity contribution in [2.75, 3.05) is 13.2 Å². The van der Waals surface area contributed by atoms with Crippen molar-refractivity contribution in [1.29, 1.82) is 0 Å². The summed E-state index contributed by atoms with van der Waals surface area (Å²) in [6.45, 7) is 1.93. The predicted molar refractivity (Wildman–Crippen MR) is 135 cm³/mol. The van der Waals surface area contributed by atoms with Crippen LogP contribution in [0.4, 0.5) is 26.3 Å². The molecule has 41 heavy (non-hydrogen) atoms. The highest BCUT2D eigenvalue weighted by atomic mass is 35.5. The van der Waals surface area contributed by atoms with Gasteiger partial charge in [0.1, 0.15) is 5.69 Å². The molecule has 0 bridgehead atoms. The Bertz CT molecular complexity index is 1390. The number of carbonyl (C=O) groups excluding carboxylic acids is 4. The van der Waals surface area contributed by atoms with Gasteiger partial charge < -0.3 is 10.1 Å². The van der Waals surface area contributed by atoms with Crippen LogP contribution in [0.25, 0.3) is 11.1 Å². The fourth-order valence-electron chi connectivity index (χ4n) is 3.36. The molecule has 3 aromatic rings. The molecular formula is C27H21ClF6N2O5. The summed E-state index contributed by atoms with van der Waals surface area (Å²) in [5.41, 5.74) is -2.53. The number of amides is 1. The van der Waals surface area contributed by atoms with Gasteiger partial charge in [0.25, 0.3) is 5.91 Å². The van der Waals surface area contributed by atoms with E-state index in [1.165, 1.54) is 24.3 Å². The van der Waals surface area contributed by atoms with Crippen molar-refractivity contribution in [1.82, 2.24) is 10.3 Å². The molecule has 0 atom stereocenters. The maximum Gasteiger partial charge on any atom is 0.417 e. The molecule has 0 unspecified atom stereocenters. The van der Waals surface area contributed by atoms with Gasteiger partial charge in [-0.15, -0.1) is 0 Å². The highest BCUT2D eigenvalue weighted by Crippen LogP contribution is 2.38. The number of nitrogens with zero attached hydrogens (tertiary/aromatic N) is 1. The van der Waals surface area contributed by atoms with Crippen LogP contribution in [0.5, 0.6) is 0 Å². The van der Waals surface area contributed by atoms with Crippen molar-refractivity contribution >= 4 is 36.0 Å². The van der Waals surface area contributed by atoms with Crippen LogP contribution in [-0.2, 0) is 21.9 Å². The number of rotatable bonds is 8. The van der Waals surface area contributed by atoms with Gasteiger partial charge in [-0.2, -0.15) is 26.3 Å². The second kappa shape index (κ2) is 14.4. The molecule has 0 aliphatic heterocycles. The lowest BCUT2D eigenvalue weighted by molar-refractivity contribution is -0.143. The molecule has 0 aliphatic carbocycles. The predicted octanol–water partition coefficient (Wildman–Crippen LogP) is 6.43. The maximum atomic E-state index is 13.3. The van der Waals surface area contributed by atoms with Crippen LogP contribution >= 0.6 is 11.6 Å². The smallest absolute Gasteiger partial charge is 0.417 e. The van der Waals surface area contributed by atoms with Crippen LogP contribution in [0.1, 0.15) is 55.7 Å². The van der Waals surface area contributed by atoms with Crippen LogP contribution in [-0.4, -0.2) is 42.6 Å². The number of aldehydes is 2. The summed E-state index contributed by atoms with van der Waals surface area (Å²) in [7, 11) is 0. The average molecular weight is 603 g/mol. The molecule has 0 saturated carbocycles. The van der Waals surface area contributed by atoms with E-state index in [4.69, 9.17) is 16.3 Å². The molecule has 3 rings (SSSR count). The Morgan fingerprint density at radius 3 is 2.00 bits per heavy atom. The molecule has 2 aromatic carbocycles. The van der Waals surface area contributed by atoms with E-state index in [-0.39, 0.29) is 53.8 Å². The quantitative estimate of drug-likeness (QED) is 0.181. The van der Waals surface area contributed by atoms with Crippen molar-refractivity contribution in [3.8, 4) is 11.1 Å². The number of hydrogen-bond donors (Lipinski definition) is 1. The lowest BCUT2D eigenvalue weighted by Gasteiger charge is -2.15. The Labute approximate surface area is 234 Å². The third kappa shape index (κ3) is 9.13. The third-order valence-electron chi connectivity index (χ3n) is 5.19. The zero-order valence-corrected chi connectivity index (χ0v) is 21.9. The molecule has 0 spiro atoms. The molecule has 7 nitrogen and oxygen atoms in total. The van der Waals surface area contributed by atoms with Crippen molar-refractivity contribution < 1.29 is 50.3 Å². The zero-order valence-electron chi connectivity index (χ0n) is 21.1. The molecule has 1 N–H and O–H groups in total. The van der Waals surface area contributed by atoms with Crippen molar-refractivity contribution in [2.45, 2.75) is 25.7 Å². The molecule has 14 heteroatoms. The first-order valence-corrected chi connectivity index (χ1v) is 12.0. The Morgan fingerprint density at radius 2 is 1.49 bits per heavy atom. The van der Waals surface area contributed by atoms with Gasteiger partial charge in [-0.1, -0.05) is 41.9 Å². The number of pyridine rings is 1. The number of carbonyl (C=O) groups is 4. The topological polar surface area (TPSA) is 102 Å². The lowest BCUT2D eigenvalue weighted by Crippen LogP contribution is -2.27. The Hall–Kier alpha value is -4.26. The number of esters is 1. The summed E-state index contributed by atoms with van der Waals surface area (Å²) in [6.07, 6.45) is -7.47. The second-order valence-corrected chi connectivity index (χ2v) is 8.33. The van der Waals surface area contributed by atoms with Crippen LogP contribution in [0.2, 0.25) is 5.02 Å². The SMILES string of the molecule is CCOC(=O)CCNC(=O)c1ccc(-c2c(C=O)cccc2C(F)(F)F)cn1.O=Cc1cccc(C(F)(F)F)c1Cl. The van der Waals surface area contributed by atoms with Crippen LogP contribution < -0.4 is 5.32 Å². The summed E-state index contributed by atoms with van der Waals surface area (Å²) >= 11 is 5.34. The molecule has 0 aliphatic rings. The van der Waals surface area contributed by atoms with Gasteiger partial charge in [0, 0.05) is 35.0 Å². The molecule has 0 fully saturated rings. The zero-order chi connectivity index (χ0) is 30.8. The molecule has 1 aromatic heterocycles. The first-order chi connectivity index (χ1) is 19.2. The Kier molecular flexibility index (Phi) is 11.6. The number of aromatic nitrogens is 1. The number of hydrogen-bond acceptors (Lipinski definition) is 6. The normalized spacial score (nSPS) is 11.1. The number of halogens is 7. The number of benzene rings is 2. The van der Waals surface area contributed by atoms with Gasteiger partial charge in [0.05, 0.1) is 29.2 Å². The summed E-state index contributed by atoms with van der Waals surface area (Å²) in [4.78, 5) is 48.6. The monoisotopic (exact) mass is 602 g/mol. The van der Waals surface area contributed by atoms with Gasteiger partial charge in [-0.3, -0.25) is 24.2 Å². The van der Waals surface area contributed by atoms with Gasteiger partial charge in [-0.25, -0.2) is 0 Å². The van der Waals surface area contributed by atoms with E-state index < -0.39 is 40.4 Å². The molecular weight excluding hydrogens is 582 g/mol. The number of nitrogens with one attached hydrogen (secondary N) is 1. The second-order valence-electron chi connectivity index (χ2n) is 7.95. The summed E-state index contributed by atoms with van der Waals surface area (Å²) in [5.74, 6) is -1.05. The third-order valence-corrected chi connectivity index (χ3v) is 5.62. The Balaban J connectivity index is 0.000000377.